The number of piperazine rings is 1. The molecule has 1 atom stereocenters. The smallest absolute Gasteiger partial charge is 0.251 e. The molecule has 2 aromatic carbocycles. The number of nitrogens with zero attached hydrogens (tertiary/aromatic N) is 2. The van der Waals surface area contributed by atoms with Crippen LogP contribution in [0.1, 0.15) is 24.2 Å². The summed E-state index contributed by atoms with van der Waals surface area (Å²) in [5.41, 5.74) is 0.383. The number of hydrogen-bond acceptors (Lipinski definition) is 4. The molecule has 32 heavy (non-hydrogen) atoms. The van der Waals surface area contributed by atoms with Gasteiger partial charge in [0, 0.05) is 36.8 Å². The van der Waals surface area contributed by atoms with Crippen molar-refractivity contribution in [3.63, 3.8) is 0 Å². The molecule has 1 aliphatic heterocycles. The molecule has 0 aliphatic carbocycles. The third-order valence-corrected chi connectivity index (χ3v) is 7.51. The molecular weight excluding hydrogens is 457 g/mol. The van der Waals surface area contributed by atoms with Gasteiger partial charge in [0.15, 0.2) is 0 Å². The maximum Gasteiger partial charge on any atom is 0.251 e. The molecule has 0 saturated carbocycles. The average Bonchev–Trinajstić information content (AvgIpc) is 2.77. The first-order valence-electron chi connectivity index (χ1n) is 10.2. The van der Waals surface area contributed by atoms with Crippen LogP contribution in [0.2, 0.25) is 5.02 Å². The fourth-order valence-corrected chi connectivity index (χ4v) is 5.09. The monoisotopic (exact) mass is 481 g/mol. The van der Waals surface area contributed by atoms with Crippen molar-refractivity contribution >= 4 is 33.4 Å². The predicted molar refractivity (Wildman–Crippen MR) is 119 cm³/mol. The highest BCUT2D eigenvalue weighted by molar-refractivity contribution is 7.89. The Morgan fingerprint density at radius 3 is 2.16 bits per heavy atom. The number of nitrogens with one attached hydrogen (secondary N) is 1. The number of amides is 2. The van der Waals surface area contributed by atoms with E-state index in [4.69, 9.17) is 11.6 Å². The Morgan fingerprint density at radius 2 is 1.59 bits per heavy atom. The Balaban J connectivity index is 1.66. The number of rotatable bonds is 6. The highest BCUT2D eigenvalue weighted by atomic mass is 35.5. The number of hydrogen-bond donors (Lipinski definition) is 1. The lowest BCUT2D eigenvalue weighted by atomic mass is 10.0. The first kappa shape index (κ1) is 24.2. The molecule has 1 N–H and O–H groups in total. The topological polar surface area (TPSA) is 86.8 Å². The summed E-state index contributed by atoms with van der Waals surface area (Å²) in [5.74, 6) is -1.67. The van der Waals surface area contributed by atoms with E-state index in [0.29, 0.717) is 10.6 Å². The molecular formula is C22H25ClFN3O4S. The van der Waals surface area contributed by atoms with E-state index in [1.165, 1.54) is 27.4 Å². The highest BCUT2D eigenvalue weighted by Crippen LogP contribution is 2.21. The summed E-state index contributed by atoms with van der Waals surface area (Å²) >= 11 is 5.86. The normalized spacial score (nSPS) is 16.1. The maximum absolute atomic E-state index is 14.0. The summed E-state index contributed by atoms with van der Waals surface area (Å²) in [6.45, 7) is 4.02. The molecule has 2 amide bonds. The molecule has 172 valence electrons. The largest absolute Gasteiger partial charge is 0.340 e. The second kappa shape index (κ2) is 9.97. The van der Waals surface area contributed by atoms with Gasteiger partial charge in [-0.05, 0) is 42.3 Å². The summed E-state index contributed by atoms with van der Waals surface area (Å²) in [6.07, 6.45) is 0. The van der Waals surface area contributed by atoms with Gasteiger partial charge in [-0.15, -0.1) is 0 Å². The van der Waals surface area contributed by atoms with Crippen molar-refractivity contribution in [2.75, 3.05) is 26.2 Å². The summed E-state index contributed by atoms with van der Waals surface area (Å²) in [5, 5.41) is 3.27. The van der Waals surface area contributed by atoms with Crippen molar-refractivity contribution < 1.29 is 22.4 Å². The van der Waals surface area contributed by atoms with Crippen LogP contribution in [0.15, 0.2) is 53.4 Å². The fraction of sp³-hybridized carbons (Fsp3) is 0.364. The van der Waals surface area contributed by atoms with E-state index in [1.54, 1.807) is 24.3 Å². The van der Waals surface area contributed by atoms with Gasteiger partial charge >= 0.3 is 0 Å². The summed E-state index contributed by atoms with van der Waals surface area (Å²) in [6, 6.07) is 10.8. The van der Waals surface area contributed by atoms with Crippen LogP contribution in [0.3, 0.4) is 0 Å². The zero-order valence-corrected chi connectivity index (χ0v) is 19.4. The number of benzene rings is 2. The minimum atomic E-state index is -4.00. The fourth-order valence-electron chi connectivity index (χ4n) is 3.48. The lowest BCUT2D eigenvalue weighted by molar-refractivity contribution is -0.135. The van der Waals surface area contributed by atoms with Crippen LogP contribution in [-0.2, 0) is 14.8 Å². The van der Waals surface area contributed by atoms with Crippen molar-refractivity contribution in [3.8, 4) is 0 Å². The number of halogens is 2. The van der Waals surface area contributed by atoms with Crippen LogP contribution >= 0.6 is 11.6 Å². The molecule has 10 heteroatoms. The van der Waals surface area contributed by atoms with Crippen molar-refractivity contribution in [1.29, 1.82) is 0 Å². The van der Waals surface area contributed by atoms with Gasteiger partial charge in [-0.25, -0.2) is 12.8 Å². The minimum absolute atomic E-state index is 0.0400. The van der Waals surface area contributed by atoms with Gasteiger partial charge in [0.05, 0.1) is 0 Å². The van der Waals surface area contributed by atoms with Gasteiger partial charge in [-0.1, -0.05) is 37.6 Å². The molecule has 0 unspecified atom stereocenters. The van der Waals surface area contributed by atoms with Crippen LogP contribution in [0, 0.1) is 11.7 Å². The Morgan fingerprint density at radius 1 is 1.00 bits per heavy atom. The van der Waals surface area contributed by atoms with Gasteiger partial charge in [-0.3, -0.25) is 9.59 Å². The number of carbonyl (C=O) groups is 2. The molecule has 3 rings (SSSR count). The molecule has 1 fully saturated rings. The molecule has 1 heterocycles. The van der Waals surface area contributed by atoms with Crippen LogP contribution in [0.4, 0.5) is 4.39 Å². The maximum atomic E-state index is 14.0. The third-order valence-electron chi connectivity index (χ3n) is 5.33. The lowest BCUT2D eigenvalue weighted by Crippen LogP contribution is -2.57. The lowest BCUT2D eigenvalue weighted by Gasteiger charge is -2.36. The molecule has 0 radical (unpaired) electrons. The van der Waals surface area contributed by atoms with Gasteiger partial charge in [0.1, 0.15) is 16.8 Å². The van der Waals surface area contributed by atoms with Crippen molar-refractivity contribution in [3.05, 3.63) is 64.9 Å². The summed E-state index contributed by atoms with van der Waals surface area (Å²) in [7, 11) is -4.00. The summed E-state index contributed by atoms with van der Waals surface area (Å²) < 4.78 is 40.7. The van der Waals surface area contributed by atoms with E-state index in [9.17, 15) is 22.4 Å². The molecule has 2 aromatic rings. The SMILES string of the molecule is CC(C)[C@H](NC(=O)c1ccc(Cl)cc1)C(=O)N1CCN(S(=O)(=O)c2ccccc2F)CC1. The van der Waals surface area contributed by atoms with Crippen LogP contribution in [0.25, 0.3) is 0 Å². The number of carbonyl (C=O) groups excluding carboxylic acids is 2. The zero-order chi connectivity index (χ0) is 23.5. The molecule has 7 nitrogen and oxygen atoms in total. The van der Waals surface area contributed by atoms with Gasteiger partial charge in [-0.2, -0.15) is 4.31 Å². The predicted octanol–water partition coefficient (Wildman–Crippen LogP) is 2.77. The molecule has 0 aromatic heterocycles. The Kier molecular flexibility index (Phi) is 7.53. The van der Waals surface area contributed by atoms with Crippen molar-refractivity contribution in [2.45, 2.75) is 24.8 Å². The Hall–Kier alpha value is -2.49. The van der Waals surface area contributed by atoms with Crippen LogP contribution < -0.4 is 5.32 Å². The molecule has 0 spiro atoms. The van der Waals surface area contributed by atoms with Crippen molar-refractivity contribution in [2.24, 2.45) is 5.92 Å². The minimum Gasteiger partial charge on any atom is -0.340 e. The summed E-state index contributed by atoms with van der Waals surface area (Å²) in [4.78, 5) is 26.8. The second-order valence-electron chi connectivity index (χ2n) is 7.86. The highest BCUT2D eigenvalue weighted by Gasteiger charge is 2.35. The first-order valence-corrected chi connectivity index (χ1v) is 12.0. The van der Waals surface area contributed by atoms with E-state index < -0.39 is 27.8 Å². The third kappa shape index (κ3) is 5.28. The van der Waals surface area contributed by atoms with Crippen LogP contribution in [-0.4, -0.2) is 61.7 Å². The van der Waals surface area contributed by atoms with Gasteiger partial charge in [0.25, 0.3) is 5.91 Å². The first-order chi connectivity index (χ1) is 15.1. The van der Waals surface area contributed by atoms with E-state index in [2.05, 4.69) is 5.32 Å². The average molecular weight is 482 g/mol. The molecule has 1 saturated heterocycles. The van der Waals surface area contributed by atoms with E-state index in [-0.39, 0.29) is 42.9 Å². The molecule has 0 bridgehead atoms. The Bertz CT molecular complexity index is 1080. The van der Waals surface area contributed by atoms with E-state index in [1.807, 2.05) is 13.8 Å². The van der Waals surface area contributed by atoms with Gasteiger partial charge in [0.2, 0.25) is 15.9 Å². The zero-order valence-electron chi connectivity index (χ0n) is 17.8. The standard InChI is InChI=1S/C22H25ClFN3O4S/c1-15(2)20(25-21(28)16-7-9-17(23)10-8-16)22(29)26-11-13-27(14-12-26)32(30,31)19-6-4-3-5-18(19)24/h3-10,15,20H,11-14H2,1-2H3,(H,25,28)/t20-/m0/s1. The number of sulfonamides is 1. The quantitative estimate of drug-likeness (QED) is 0.687. The van der Waals surface area contributed by atoms with E-state index in [0.717, 1.165) is 6.07 Å². The van der Waals surface area contributed by atoms with Gasteiger partial charge < -0.3 is 10.2 Å². The Labute approximate surface area is 192 Å². The molecule has 1 aliphatic rings. The second-order valence-corrected chi connectivity index (χ2v) is 10.2. The van der Waals surface area contributed by atoms with Crippen LogP contribution in [0.5, 0.6) is 0 Å². The van der Waals surface area contributed by atoms with E-state index >= 15 is 0 Å². The van der Waals surface area contributed by atoms with Crippen molar-refractivity contribution in [1.82, 2.24) is 14.5 Å².